The maximum Gasteiger partial charge on any atom is 0.262 e. The lowest BCUT2D eigenvalue weighted by molar-refractivity contribution is -0.120. The molecular weight excluding hydrogens is 358 g/mol. The van der Waals surface area contributed by atoms with Gasteiger partial charge in [0.1, 0.15) is 6.04 Å². The molecule has 1 aliphatic heterocycles. The van der Waals surface area contributed by atoms with Crippen LogP contribution in [0.4, 0.5) is 0 Å². The highest BCUT2D eigenvalue weighted by molar-refractivity contribution is 9.09. The molecule has 2 aromatic carbocycles. The molecule has 0 aromatic heterocycles. The van der Waals surface area contributed by atoms with E-state index in [1.54, 1.807) is 24.3 Å². The number of ketones is 1. The van der Waals surface area contributed by atoms with Gasteiger partial charge in [0.05, 0.1) is 16.5 Å². The number of imide groups is 1. The van der Waals surface area contributed by atoms with E-state index >= 15 is 0 Å². The first-order valence-corrected chi connectivity index (χ1v) is 8.35. The van der Waals surface area contributed by atoms with Gasteiger partial charge in [0.25, 0.3) is 11.8 Å². The normalized spacial score (nSPS) is 14.7. The molecule has 3 rings (SSSR count). The molecule has 0 saturated carbocycles. The Morgan fingerprint density at radius 3 is 1.96 bits per heavy atom. The average molecular weight is 372 g/mol. The van der Waals surface area contributed by atoms with Gasteiger partial charge >= 0.3 is 0 Å². The SMILES string of the molecule is O=C(CBr)[C@H](Cc1ccccc1)N1C(=O)c2ccccc2C1=O. The van der Waals surface area contributed by atoms with Gasteiger partial charge in [-0.05, 0) is 17.7 Å². The van der Waals surface area contributed by atoms with Crippen LogP contribution in [0.15, 0.2) is 54.6 Å². The van der Waals surface area contributed by atoms with Crippen molar-refractivity contribution in [3.8, 4) is 0 Å². The van der Waals surface area contributed by atoms with Crippen LogP contribution >= 0.6 is 15.9 Å². The summed E-state index contributed by atoms with van der Waals surface area (Å²) in [4.78, 5) is 38.6. The van der Waals surface area contributed by atoms with E-state index in [2.05, 4.69) is 15.9 Å². The predicted octanol–water partition coefficient (Wildman–Crippen LogP) is 2.86. The van der Waals surface area contributed by atoms with E-state index < -0.39 is 17.9 Å². The van der Waals surface area contributed by atoms with Crippen molar-refractivity contribution in [2.45, 2.75) is 12.5 Å². The van der Waals surface area contributed by atoms with Crippen molar-refractivity contribution >= 4 is 33.5 Å². The molecule has 2 amide bonds. The lowest BCUT2D eigenvalue weighted by atomic mass is 10.0. The molecule has 2 aromatic rings. The van der Waals surface area contributed by atoms with Gasteiger partial charge in [-0.25, -0.2) is 0 Å². The largest absolute Gasteiger partial charge is 0.296 e. The smallest absolute Gasteiger partial charge is 0.262 e. The van der Waals surface area contributed by atoms with Crippen molar-refractivity contribution in [1.29, 1.82) is 0 Å². The fourth-order valence-corrected chi connectivity index (χ4v) is 3.14. The Morgan fingerprint density at radius 2 is 1.43 bits per heavy atom. The van der Waals surface area contributed by atoms with E-state index in [0.29, 0.717) is 17.5 Å². The van der Waals surface area contributed by atoms with Gasteiger partial charge < -0.3 is 0 Å². The number of carbonyl (C=O) groups excluding carboxylic acids is 3. The van der Waals surface area contributed by atoms with E-state index in [-0.39, 0.29) is 11.1 Å². The third kappa shape index (κ3) is 2.84. The number of halogens is 1. The quantitative estimate of drug-likeness (QED) is 0.599. The average Bonchev–Trinajstić information content (AvgIpc) is 2.85. The lowest BCUT2D eigenvalue weighted by Crippen LogP contribution is -2.46. The van der Waals surface area contributed by atoms with Crippen LogP contribution in [0.5, 0.6) is 0 Å². The molecule has 0 N–H and O–H groups in total. The van der Waals surface area contributed by atoms with Gasteiger partial charge in [0, 0.05) is 6.42 Å². The molecule has 0 bridgehead atoms. The summed E-state index contributed by atoms with van der Waals surface area (Å²) in [6.07, 6.45) is 0.316. The molecule has 0 unspecified atom stereocenters. The molecule has 23 heavy (non-hydrogen) atoms. The predicted molar refractivity (Wildman–Crippen MR) is 89.7 cm³/mol. The van der Waals surface area contributed by atoms with E-state index in [0.717, 1.165) is 10.5 Å². The topological polar surface area (TPSA) is 54.5 Å². The first-order valence-electron chi connectivity index (χ1n) is 7.23. The van der Waals surface area contributed by atoms with E-state index in [1.165, 1.54) is 0 Å². The highest BCUT2D eigenvalue weighted by Crippen LogP contribution is 2.26. The van der Waals surface area contributed by atoms with Crippen molar-refractivity contribution in [2.24, 2.45) is 0 Å². The zero-order valence-electron chi connectivity index (χ0n) is 12.2. The Balaban J connectivity index is 1.97. The summed E-state index contributed by atoms with van der Waals surface area (Å²) in [6, 6.07) is 15.2. The fraction of sp³-hybridized carbons (Fsp3) is 0.167. The molecule has 0 aliphatic carbocycles. The van der Waals surface area contributed by atoms with Gasteiger partial charge in [-0.2, -0.15) is 0 Å². The standard InChI is InChI=1S/C18H14BrNO3/c19-11-16(21)15(10-12-6-2-1-3-7-12)20-17(22)13-8-4-5-9-14(13)18(20)23/h1-9,15H,10-11H2/t15-/m0/s1. The minimum Gasteiger partial charge on any atom is -0.296 e. The Bertz CT molecular complexity index is 738. The minimum absolute atomic E-state index is 0.0951. The van der Waals surface area contributed by atoms with Crippen molar-refractivity contribution in [3.05, 3.63) is 71.3 Å². The number of benzene rings is 2. The second-order valence-corrected chi connectivity index (χ2v) is 5.89. The second kappa shape index (κ2) is 6.46. The van der Waals surface area contributed by atoms with Crippen LogP contribution in [0.3, 0.4) is 0 Å². The third-order valence-electron chi connectivity index (χ3n) is 3.91. The van der Waals surface area contributed by atoms with Gasteiger partial charge in [0.15, 0.2) is 5.78 Å². The van der Waals surface area contributed by atoms with E-state index in [9.17, 15) is 14.4 Å². The molecule has 0 fully saturated rings. The number of hydrogen-bond donors (Lipinski definition) is 0. The third-order valence-corrected chi connectivity index (χ3v) is 4.47. The van der Waals surface area contributed by atoms with E-state index in [1.807, 2.05) is 30.3 Å². The van der Waals surface area contributed by atoms with Gasteiger partial charge in [-0.1, -0.05) is 58.4 Å². The molecule has 1 heterocycles. The number of hydrogen-bond acceptors (Lipinski definition) is 3. The van der Waals surface area contributed by atoms with Crippen LogP contribution in [-0.4, -0.2) is 33.9 Å². The Labute approximate surface area is 142 Å². The highest BCUT2D eigenvalue weighted by Gasteiger charge is 2.42. The van der Waals surface area contributed by atoms with Gasteiger partial charge in [-0.3, -0.25) is 19.3 Å². The number of fused-ring (bicyclic) bond motifs is 1. The van der Waals surface area contributed by atoms with Crippen LogP contribution in [0.25, 0.3) is 0 Å². The summed E-state index contributed by atoms with van der Waals surface area (Å²) < 4.78 is 0. The summed E-state index contributed by atoms with van der Waals surface area (Å²) in [5, 5.41) is 0.0951. The number of amides is 2. The lowest BCUT2D eigenvalue weighted by Gasteiger charge is -2.24. The van der Waals surface area contributed by atoms with Crippen LogP contribution < -0.4 is 0 Å². The van der Waals surface area contributed by atoms with E-state index in [4.69, 9.17) is 0 Å². The van der Waals surface area contributed by atoms with Gasteiger partial charge in [0.2, 0.25) is 0 Å². The van der Waals surface area contributed by atoms with Crippen LogP contribution in [-0.2, 0) is 11.2 Å². The molecule has 0 radical (unpaired) electrons. The van der Waals surface area contributed by atoms with Crippen molar-refractivity contribution in [2.75, 3.05) is 5.33 Å². The molecule has 1 atom stereocenters. The molecule has 0 spiro atoms. The maximum atomic E-state index is 12.6. The molecule has 116 valence electrons. The first-order chi connectivity index (χ1) is 11.1. The molecule has 4 nitrogen and oxygen atoms in total. The van der Waals surface area contributed by atoms with Crippen molar-refractivity contribution < 1.29 is 14.4 Å². The molecule has 1 aliphatic rings. The summed E-state index contributed by atoms with van der Waals surface area (Å²) in [5.74, 6) is -0.995. The zero-order chi connectivity index (χ0) is 16.4. The van der Waals surface area contributed by atoms with Crippen LogP contribution in [0, 0.1) is 0 Å². The summed E-state index contributed by atoms with van der Waals surface area (Å²) >= 11 is 3.15. The number of carbonyl (C=O) groups is 3. The Kier molecular flexibility index (Phi) is 4.39. The molecule has 5 heteroatoms. The fourth-order valence-electron chi connectivity index (χ4n) is 2.77. The van der Waals surface area contributed by atoms with Crippen molar-refractivity contribution in [3.63, 3.8) is 0 Å². The molecule has 0 saturated heterocycles. The van der Waals surface area contributed by atoms with Crippen LogP contribution in [0.1, 0.15) is 26.3 Å². The number of nitrogens with zero attached hydrogens (tertiary/aromatic N) is 1. The number of Topliss-reactive ketones (excluding diaryl/α,β-unsaturated/α-hetero) is 1. The second-order valence-electron chi connectivity index (χ2n) is 5.33. The maximum absolute atomic E-state index is 12.6. The minimum atomic E-state index is -0.802. The molecular formula is C18H14BrNO3. The zero-order valence-corrected chi connectivity index (χ0v) is 13.8. The van der Waals surface area contributed by atoms with Crippen molar-refractivity contribution in [1.82, 2.24) is 4.90 Å². The monoisotopic (exact) mass is 371 g/mol. The Hall–Kier alpha value is -2.27. The Morgan fingerprint density at radius 1 is 0.913 bits per heavy atom. The number of alkyl halides is 1. The number of rotatable bonds is 5. The highest BCUT2D eigenvalue weighted by atomic mass is 79.9. The van der Waals surface area contributed by atoms with Gasteiger partial charge in [-0.15, -0.1) is 0 Å². The summed E-state index contributed by atoms with van der Waals surface area (Å²) in [6.45, 7) is 0. The van der Waals surface area contributed by atoms with Crippen LogP contribution in [0.2, 0.25) is 0 Å². The first kappa shape index (κ1) is 15.6. The summed E-state index contributed by atoms with van der Waals surface area (Å²) in [7, 11) is 0. The summed E-state index contributed by atoms with van der Waals surface area (Å²) in [5.41, 5.74) is 1.62.